The number of aliphatic hydroxyl groups is 2. The number of rotatable bonds is 4. The monoisotopic (exact) mass is 558 g/mol. The zero-order valence-corrected chi connectivity index (χ0v) is 18.8. The third-order valence-corrected chi connectivity index (χ3v) is 3.82. The van der Waals surface area contributed by atoms with E-state index < -0.39 is 0 Å². The molecule has 0 amide bonds. The van der Waals surface area contributed by atoms with Crippen molar-refractivity contribution in [3.05, 3.63) is 60.4 Å². The molecule has 3 heterocycles. The van der Waals surface area contributed by atoms with E-state index in [4.69, 9.17) is 10.2 Å². The molecule has 1 radical (unpaired) electrons. The van der Waals surface area contributed by atoms with Gasteiger partial charge < -0.3 is 15.2 Å². The second-order valence-electron chi connectivity index (χ2n) is 6.41. The summed E-state index contributed by atoms with van der Waals surface area (Å²) in [6, 6.07) is 10.8. The smallest absolute Gasteiger partial charge is 0.106 e. The second kappa shape index (κ2) is 11.7. The minimum Gasteiger partial charge on any atom is -0.393 e. The Hall–Kier alpha value is -2.05. The largest absolute Gasteiger partial charge is 0.393 e. The molecule has 28 heavy (non-hydrogen) atoms. The van der Waals surface area contributed by atoms with Crippen LogP contribution >= 0.6 is 0 Å². The van der Waals surface area contributed by atoms with Crippen molar-refractivity contribution in [2.24, 2.45) is 0 Å². The molecular weight excluding hydrogens is 532 g/mol. The SMILES string of the molecule is CC(O)CC(C)O.Cc1ncc[c-]c1-c1cc(-c2cccnc2C)ncn1.[Ir]. The van der Waals surface area contributed by atoms with Crippen LogP contribution in [0.3, 0.4) is 0 Å². The molecule has 6 nitrogen and oxygen atoms in total. The number of aliphatic hydroxyl groups excluding tert-OH is 2. The van der Waals surface area contributed by atoms with Crippen LogP contribution in [0.5, 0.6) is 0 Å². The molecule has 0 aliphatic carbocycles. The minimum atomic E-state index is -0.375. The van der Waals surface area contributed by atoms with Gasteiger partial charge in [0.05, 0.1) is 17.9 Å². The first-order valence-corrected chi connectivity index (χ1v) is 8.82. The first-order chi connectivity index (χ1) is 12.9. The molecule has 0 aliphatic rings. The van der Waals surface area contributed by atoms with Crippen molar-refractivity contribution in [2.45, 2.75) is 46.3 Å². The molecule has 2 N–H and O–H groups in total. The topological polar surface area (TPSA) is 92.0 Å². The second-order valence-corrected chi connectivity index (χ2v) is 6.41. The molecule has 3 rings (SSSR count). The molecule has 0 aromatic carbocycles. The Bertz CT molecular complexity index is 806. The number of aromatic nitrogens is 4. The average Bonchev–Trinajstić information content (AvgIpc) is 2.62. The van der Waals surface area contributed by atoms with Crippen molar-refractivity contribution < 1.29 is 30.3 Å². The summed E-state index contributed by atoms with van der Waals surface area (Å²) in [4.78, 5) is 17.2. The van der Waals surface area contributed by atoms with Crippen molar-refractivity contribution in [1.29, 1.82) is 0 Å². The molecule has 3 aromatic heterocycles. The van der Waals surface area contributed by atoms with Crippen LogP contribution in [-0.2, 0) is 20.1 Å². The van der Waals surface area contributed by atoms with Crippen molar-refractivity contribution in [3.8, 4) is 22.5 Å². The van der Waals surface area contributed by atoms with Gasteiger partial charge in [0.25, 0.3) is 0 Å². The fourth-order valence-electron chi connectivity index (χ4n) is 2.59. The Kier molecular flexibility index (Phi) is 10.0. The minimum absolute atomic E-state index is 0. The average molecular weight is 558 g/mol. The Morgan fingerprint density at radius 2 is 1.57 bits per heavy atom. The van der Waals surface area contributed by atoms with Crippen LogP contribution in [0.2, 0.25) is 0 Å². The van der Waals surface area contributed by atoms with Gasteiger partial charge in [-0.15, -0.1) is 17.7 Å². The fraction of sp³-hybridized carbons (Fsp3) is 0.333. The first kappa shape index (κ1) is 24.0. The maximum absolute atomic E-state index is 8.56. The van der Waals surface area contributed by atoms with Gasteiger partial charge in [0.15, 0.2) is 0 Å². The first-order valence-electron chi connectivity index (χ1n) is 8.82. The Balaban J connectivity index is 0.000000425. The van der Waals surface area contributed by atoms with Gasteiger partial charge in [0.1, 0.15) is 6.33 Å². The summed E-state index contributed by atoms with van der Waals surface area (Å²) in [5, 5.41) is 17.1. The number of hydrogen-bond acceptors (Lipinski definition) is 6. The molecule has 7 heteroatoms. The van der Waals surface area contributed by atoms with E-state index in [9.17, 15) is 0 Å². The zero-order valence-electron chi connectivity index (χ0n) is 16.4. The predicted molar refractivity (Wildman–Crippen MR) is 105 cm³/mol. The molecule has 0 saturated carbocycles. The van der Waals surface area contributed by atoms with Crippen LogP contribution < -0.4 is 0 Å². The van der Waals surface area contributed by atoms with Crippen molar-refractivity contribution in [3.63, 3.8) is 0 Å². The standard InChI is InChI=1S/C16H13N4.C5H12O2.Ir/c1-11-13(5-3-7-17-11)15-9-16(20-10-19-15)14-6-4-8-18-12(14)2;1-4(6)3-5(2)7;/h3-5,7-10H,1-2H3;4-7H,3H2,1-2H3;/q-1;;. The Labute approximate surface area is 179 Å². The van der Waals surface area contributed by atoms with Gasteiger partial charge in [-0.3, -0.25) is 9.97 Å². The van der Waals surface area contributed by atoms with Gasteiger partial charge in [0.2, 0.25) is 0 Å². The maximum Gasteiger partial charge on any atom is 0.106 e. The zero-order chi connectivity index (χ0) is 19.8. The van der Waals surface area contributed by atoms with E-state index >= 15 is 0 Å². The summed E-state index contributed by atoms with van der Waals surface area (Å²) >= 11 is 0. The van der Waals surface area contributed by atoms with Crippen molar-refractivity contribution in [1.82, 2.24) is 19.9 Å². The molecule has 0 saturated heterocycles. The molecule has 151 valence electrons. The summed E-state index contributed by atoms with van der Waals surface area (Å²) in [6.07, 6.45) is 4.80. The van der Waals surface area contributed by atoms with Gasteiger partial charge in [-0.1, -0.05) is 19.2 Å². The van der Waals surface area contributed by atoms with E-state index in [1.807, 2.05) is 32.0 Å². The molecule has 2 atom stereocenters. The van der Waals surface area contributed by atoms with E-state index in [0.29, 0.717) is 6.42 Å². The number of aryl methyl sites for hydroxylation is 2. The van der Waals surface area contributed by atoms with E-state index in [0.717, 1.165) is 33.9 Å². The van der Waals surface area contributed by atoms with Crippen molar-refractivity contribution in [2.75, 3.05) is 0 Å². The van der Waals surface area contributed by atoms with Crippen LogP contribution in [0.25, 0.3) is 22.5 Å². The maximum atomic E-state index is 8.56. The van der Waals surface area contributed by atoms with Gasteiger partial charge >= 0.3 is 0 Å². The summed E-state index contributed by atoms with van der Waals surface area (Å²) < 4.78 is 0. The molecule has 2 unspecified atom stereocenters. The van der Waals surface area contributed by atoms with Crippen LogP contribution in [0.15, 0.2) is 43.0 Å². The summed E-state index contributed by atoms with van der Waals surface area (Å²) in [5.41, 5.74) is 5.44. The number of hydrogen-bond donors (Lipinski definition) is 2. The van der Waals surface area contributed by atoms with Gasteiger partial charge in [0, 0.05) is 37.6 Å². The molecule has 0 fully saturated rings. The summed E-state index contributed by atoms with van der Waals surface area (Å²) in [7, 11) is 0. The van der Waals surface area contributed by atoms with Crippen LogP contribution in [0, 0.1) is 19.9 Å². The third-order valence-electron chi connectivity index (χ3n) is 3.82. The summed E-state index contributed by atoms with van der Waals surface area (Å²) in [5.74, 6) is 0. The van der Waals surface area contributed by atoms with Crippen LogP contribution in [0.1, 0.15) is 31.7 Å². The van der Waals surface area contributed by atoms with Gasteiger partial charge in [-0.05, 0) is 50.7 Å². The third kappa shape index (κ3) is 7.17. The number of nitrogens with zero attached hydrogens (tertiary/aromatic N) is 4. The Morgan fingerprint density at radius 3 is 2.14 bits per heavy atom. The predicted octanol–water partition coefficient (Wildman–Crippen LogP) is 3.15. The molecule has 3 aromatic rings. The van der Waals surface area contributed by atoms with Gasteiger partial charge in [-0.2, -0.15) is 0 Å². The van der Waals surface area contributed by atoms with Crippen molar-refractivity contribution >= 4 is 0 Å². The molecule has 0 spiro atoms. The summed E-state index contributed by atoms with van der Waals surface area (Å²) in [6.45, 7) is 7.24. The fourth-order valence-corrected chi connectivity index (χ4v) is 2.59. The quantitative estimate of drug-likeness (QED) is 0.479. The van der Waals surface area contributed by atoms with E-state index in [1.165, 1.54) is 0 Å². The van der Waals surface area contributed by atoms with E-state index in [-0.39, 0.29) is 32.3 Å². The molecular formula is C21H25IrN4O2-. The van der Waals surface area contributed by atoms with Gasteiger partial charge in [-0.25, -0.2) is 4.98 Å². The molecule has 0 bridgehead atoms. The Morgan fingerprint density at radius 1 is 0.929 bits per heavy atom. The van der Waals surface area contributed by atoms with Crippen LogP contribution in [0.4, 0.5) is 0 Å². The number of pyridine rings is 2. The molecule has 0 aliphatic heterocycles. The van der Waals surface area contributed by atoms with Crippen LogP contribution in [-0.4, -0.2) is 42.4 Å². The van der Waals surface area contributed by atoms with E-state index in [2.05, 4.69) is 26.0 Å². The van der Waals surface area contributed by atoms with E-state index in [1.54, 1.807) is 38.6 Å². The normalized spacial score (nSPS) is 12.2.